The smallest absolute Gasteiger partial charge is 0.272 e. The van der Waals surface area contributed by atoms with E-state index in [0.717, 1.165) is 43.6 Å². The average Bonchev–Trinajstić information content (AvgIpc) is 3.21. The number of ether oxygens (including phenoxy) is 2. The predicted octanol–water partition coefficient (Wildman–Crippen LogP) is 2.13. The Morgan fingerprint density at radius 3 is 2.50 bits per heavy atom. The van der Waals surface area contributed by atoms with Crippen LogP contribution < -0.4 is 4.90 Å². The molecule has 0 aliphatic carbocycles. The number of anilines is 1. The Morgan fingerprint density at radius 2 is 1.86 bits per heavy atom. The number of likely N-dealkylation sites (N-methyl/N-ethyl adjacent to an activating group) is 1. The van der Waals surface area contributed by atoms with Gasteiger partial charge >= 0.3 is 0 Å². The molecule has 7 heteroatoms. The first-order valence-electron chi connectivity index (χ1n) is 9.79. The number of carbonyl (C=O) groups is 1. The summed E-state index contributed by atoms with van der Waals surface area (Å²) in [5, 5.41) is 0. The molecule has 2 aromatic heterocycles. The highest BCUT2D eigenvalue weighted by molar-refractivity contribution is 5.92. The topological polar surface area (TPSA) is 67.8 Å². The third kappa shape index (κ3) is 4.15. The molecule has 2 fully saturated rings. The monoisotopic (exact) mass is 382 g/mol. The Hall–Kier alpha value is -2.51. The van der Waals surface area contributed by atoms with Crippen LogP contribution in [0.2, 0.25) is 0 Å². The lowest BCUT2D eigenvalue weighted by Crippen LogP contribution is -2.45. The minimum Gasteiger partial charge on any atom is -0.370 e. The summed E-state index contributed by atoms with van der Waals surface area (Å²) in [7, 11) is 1.81. The largest absolute Gasteiger partial charge is 0.370 e. The van der Waals surface area contributed by atoms with Gasteiger partial charge in [-0.05, 0) is 36.2 Å². The van der Waals surface area contributed by atoms with Crippen LogP contribution in [-0.4, -0.2) is 66.5 Å². The summed E-state index contributed by atoms with van der Waals surface area (Å²) in [5.41, 5.74) is 2.66. The SMILES string of the molecule is CN(CCc1ccncc1)C(=O)c1ccc(N2CCC3(CC2)OCCO3)cn1. The van der Waals surface area contributed by atoms with E-state index < -0.39 is 0 Å². The number of aromatic nitrogens is 2. The van der Waals surface area contributed by atoms with E-state index in [2.05, 4.69) is 14.9 Å². The van der Waals surface area contributed by atoms with Gasteiger partial charge in [-0.15, -0.1) is 0 Å². The highest BCUT2D eigenvalue weighted by atomic mass is 16.7. The molecule has 0 unspecified atom stereocenters. The maximum atomic E-state index is 12.6. The molecule has 2 aliphatic heterocycles. The second-order valence-corrected chi connectivity index (χ2v) is 7.33. The Bertz CT molecular complexity index is 781. The molecule has 2 aromatic rings. The molecule has 4 rings (SSSR count). The third-order valence-corrected chi connectivity index (χ3v) is 5.50. The highest BCUT2D eigenvalue weighted by Gasteiger charge is 2.39. The van der Waals surface area contributed by atoms with Crippen LogP contribution >= 0.6 is 0 Å². The normalized spacial score (nSPS) is 18.4. The van der Waals surface area contributed by atoms with Crippen molar-refractivity contribution in [3.8, 4) is 0 Å². The fourth-order valence-corrected chi connectivity index (χ4v) is 3.73. The van der Waals surface area contributed by atoms with Crippen molar-refractivity contribution in [2.75, 3.05) is 44.8 Å². The first kappa shape index (κ1) is 18.8. The molecule has 2 aliphatic rings. The van der Waals surface area contributed by atoms with Crippen LogP contribution in [0, 0.1) is 0 Å². The van der Waals surface area contributed by atoms with Crippen LogP contribution in [0.25, 0.3) is 0 Å². The molecule has 0 N–H and O–H groups in total. The summed E-state index contributed by atoms with van der Waals surface area (Å²) in [6, 6.07) is 7.73. The van der Waals surface area contributed by atoms with Crippen molar-refractivity contribution in [2.45, 2.75) is 25.0 Å². The lowest BCUT2D eigenvalue weighted by Gasteiger charge is -2.38. The number of nitrogens with zero attached hydrogens (tertiary/aromatic N) is 4. The van der Waals surface area contributed by atoms with Gasteiger partial charge in [0.25, 0.3) is 5.91 Å². The van der Waals surface area contributed by atoms with Gasteiger partial charge in [0.2, 0.25) is 0 Å². The van der Waals surface area contributed by atoms with Crippen molar-refractivity contribution in [3.63, 3.8) is 0 Å². The number of hydrogen-bond acceptors (Lipinski definition) is 6. The van der Waals surface area contributed by atoms with Gasteiger partial charge in [0.05, 0.1) is 25.1 Å². The zero-order valence-corrected chi connectivity index (χ0v) is 16.2. The Morgan fingerprint density at radius 1 is 1.14 bits per heavy atom. The number of amides is 1. The molecule has 4 heterocycles. The lowest BCUT2D eigenvalue weighted by molar-refractivity contribution is -0.169. The molecule has 0 aromatic carbocycles. The minimum atomic E-state index is -0.378. The van der Waals surface area contributed by atoms with Crippen LogP contribution in [0.1, 0.15) is 28.9 Å². The van der Waals surface area contributed by atoms with Crippen LogP contribution in [0.3, 0.4) is 0 Å². The first-order chi connectivity index (χ1) is 13.7. The standard InChI is InChI=1S/C21H26N4O3/c1-24(11-6-17-4-9-22-10-5-17)20(26)19-3-2-18(16-23-19)25-12-7-21(8-13-25)27-14-15-28-21/h2-5,9-10,16H,6-8,11-15H2,1H3. The van der Waals surface area contributed by atoms with Crippen LogP contribution in [0.5, 0.6) is 0 Å². The summed E-state index contributed by atoms with van der Waals surface area (Å²) in [5.74, 6) is -0.442. The molecule has 0 bridgehead atoms. The van der Waals surface area contributed by atoms with Crippen LogP contribution in [0.4, 0.5) is 5.69 Å². The van der Waals surface area contributed by atoms with E-state index in [-0.39, 0.29) is 11.7 Å². The van der Waals surface area contributed by atoms with Crippen molar-refractivity contribution >= 4 is 11.6 Å². The molecular weight excluding hydrogens is 356 g/mol. The quantitative estimate of drug-likeness (QED) is 0.789. The van der Waals surface area contributed by atoms with Crippen molar-refractivity contribution in [1.29, 1.82) is 0 Å². The van der Waals surface area contributed by atoms with Crippen molar-refractivity contribution < 1.29 is 14.3 Å². The van der Waals surface area contributed by atoms with E-state index in [1.165, 1.54) is 0 Å². The van der Waals surface area contributed by atoms with E-state index in [9.17, 15) is 4.79 Å². The average molecular weight is 382 g/mol. The van der Waals surface area contributed by atoms with Crippen molar-refractivity contribution in [2.24, 2.45) is 0 Å². The molecule has 1 amide bonds. The van der Waals surface area contributed by atoms with Crippen molar-refractivity contribution in [3.05, 3.63) is 54.1 Å². The zero-order valence-electron chi connectivity index (χ0n) is 16.2. The number of hydrogen-bond donors (Lipinski definition) is 0. The van der Waals surface area contributed by atoms with Gasteiger partial charge < -0.3 is 19.3 Å². The zero-order chi connectivity index (χ0) is 19.4. The summed E-state index contributed by atoms with van der Waals surface area (Å²) < 4.78 is 11.6. The van der Waals surface area contributed by atoms with Gasteiger partial charge in [0.15, 0.2) is 5.79 Å². The van der Waals surface area contributed by atoms with Gasteiger partial charge in [-0.3, -0.25) is 9.78 Å². The summed E-state index contributed by atoms with van der Waals surface area (Å²) in [6.45, 7) is 3.74. The van der Waals surface area contributed by atoms with Gasteiger partial charge in [-0.25, -0.2) is 4.98 Å². The van der Waals surface area contributed by atoms with Gasteiger partial charge in [-0.2, -0.15) is 0 Å². The minimum absolute atomic E-state index is 0.0639. The second kappa shape index (κ2) is 8.24. The van der Waals surface area contributed by atoms with Crippen LogP contribution in [-0.2, 0) is 15.9 Å². The highest BCUT2D eigenvalue weighted by Crippen LogP contribution is 2.33. The molecule has 0 atom stereocenters. The van der Waals surface area contributed by atoms with Gasteiger partial charge in [-0.1, -0.05) is 0 Å². The maximum Gasteiger partial charge on any atom is 0.272 e. The van der Waals surface area contributed by atoms with E-state index >= 15 is 0 Å². The predicted molar refractivity (Wildman–Crippen MR) is 105 cm³/mol. The number of rotatable bonds is 5. The van der Waals surface area contributed by atoms with E-state index in [4.69, 9.17) is 9.47 Å². The van der Waals surface area contributed by atoms with E-state index in [0.29, 0.717) is 25.5 Å². The summed E-state index contributed by atoms with van der Waals surface area (Å²) >= 11 is 0. The van der Waals surface area contributed by atoms with Crippen LogP contribution in [0.15, 0.2) is 42.9 Å². The van der Waals surface area contributed by atoms with E-state index in [1.54, 1.807) is 23.5 Å². The summed E-state index contributed by atoms with van der Waals surface area (Å²) in [4.78, 5) is 25.0. The number of piperidine rings is 1. The molecule has 2 saturated heterocycles. The summed E-state index contributed by atoms with van der Waals surface area (Å²) in [6.07, 6.45) is 7.83. The molecular formula is C21H26N4O3. The second-order valence-electron chi connectivity index (χ2n) is 7.33. The Balaban J connectivity index is 1.31. The Labute approximate surface area is 165 Å². The lowest BCUT2D eigenvalue weighted by atomic mass is 10.0. The maximum absolute atomic E-state index is 12.6. The number of carbonyl (C=O) groups excluding carboxylic acids is 1. The van der Waals surface area contributed by atoms with E-state index in [1.807, 2.05) is 31.3 Å². The number of pyridine rings is 2. The van der Waals surface area contributed by atoms with Gasteiger partial charge in [0, 0.05) is 51.9 Å². The Kier molecular flexibility index (Phi) is 5.54. The fourth-order valence-electron chi connectivity index (χ4n) is 3.73. The first-order valence-corrected chi connectivity index (χ1v) is 9.79. The van der Waals surface area contributed by atoms with Gasteiger partial charge in [0.1, 0.15) is 5.69 Å². The fraction of sp³-hybridized carbons (Fsp3) is 0.476. The molecule has 28 heavy (non-hydrogen) atoms. The molecule has 148 valence electrons. The molecule has 1 spiro atoms. The third-order valence-electron chi connectivity index (χ3n) is 5.50. The molecule has 0 saturated carbocycles. The van der Waals surface area contributed by atoms with Crippen molar-refractivity contribution in [1.82, 2.24) is 14.9 Å². The molecule has 0 radical (unpaired) electrons. The molecule has 7 nitrogen and oxygen atoms in total.